The Morgan fingerprint density at radius 1 is 1.16 bits per heavy atom. The van der Waals surface area contributed by atoms with Crippen molar-refractivity contribution in [1.29, 1.82) is 0 Å². The van der Waals surface area contributed by atoms with Crippen molar-refractivity contribution in [3.05, 3.63) is 35.4 Å². The highest BCUT2D eigenvalue weighted by atomic mass is 16.5. The Morgan fingerprint density at radius 3 is 2.53 bits per heavy atom. The molecule has 0 radical (unpaired) electrons. The van der Waals surface area contributed by atoms with E-state index in [1.54, 1.807) is 12.1 Å². The molecule has 0 aliphatic rings. The van der Waals surface area contributed by atoms with Crippen LogP contribution in [0.25, 0.3) is 0 Å². The van der Waals surface area contributed by atoms with Crippen LogP contribution in [-0.4, -0.2) is 32.3 Å². The van der Waals surface area contributed by atoms with Crippen LogP contribution in [-0.2, 0) is 16.1 Å². The standard InChI is InChI=1S/C15H23NO3/c1-3-10-19-15(17)14-7-5-13(6-8-14)12-18-11-9-16-4-2/h5-8,16H,3-4,9-12H2,1-2H3. The molecular formula is C15H23NO3. The minimum atomic E-state index is -0.263. The first kappa shape index (κ1) is 15.7. The van der Waals surface area contributed by atoms with Crippen LogP contribution in [0.2, 0.25) is 0 Å². The van der Waals surface area contributed by atoms with Gasteiger partial charge in [-0.1, -0.05) is 26.0 Å². The van der Waals surface area contributed by atoms with Crippen molar-refractivity contribution in [3.63, 3.8) is 0 Å². The van der Waals surface area contributed by atoms with Gasteiger partial charge in [0.2, 0.25) is 0 Å². The first-order valence-corrected chi connectivity index (χ1v) is 6.82. The molecule has 1 N–H and O–H groups in total. The molecule has 0 saturated heterocycles. The van der Waals surface area contributed by atoms with Gasteiger partial charge in [-0.3, -0.25) is 0 Å². The van der Waals surface area contributed by atoms with Gasteiger partial charge in [-0.2, -0.15) is 0 Å². The van der Waals surface area contributed by atoms with Crippen molar-refractivity contribution in [3.8, 4) is 0 Å². The van der Waals surface area contributed by atoms with Crippen LogP contribution in [0, 0.1) is 0 Å². The van der Waals surface area contributed by atoms with Gasteiger partial charge in [-0.05, 0) is 30.7 Å². The number of nitrogens with one attached hydrogen (secondary N) is 1. The zero-order chi connectivity index (χ0) is 13.9. The van der Waals surface area contributed by atoms with Crippen LogP contribution in [0.1, 0.15) is 36.2 Å². The van der Waals surface area contributed by atoms with E-state index in [4.69, 9.17) is 9.47 Å². The van der Waals surface area contributed by atoms with E-state index in [-0.39, 0.29) is 5.97 Å². The average molecular weight is 265 g/mol. The molecule has 0 atom stereocenters. The molecule has 0 saturated carbocycles. The maximum absolute atomic E-state index is 11.6. The lowest BCUT2D eigenvalue weighted by molar-refractivity contribution is 0.0505. The van der Waals surface area contributed by atoms with Crippen LogP contribution in [0.15, 0.2) is 24.3 Å². The Kier molecular flexibility index (Phi) is 7.86. The first-order chi connectivity index (χ1) is 9.27. The van der Waals surface area contributed by atoms with E-state index in [9.17, 15) is 4.79 Å². The summed E-state index contributed by atoms with van der Waals surface area (Å²) in [6.45, 7) is 7.57. The number of hydrogen-bond acceptors (Lipinski definition) is 4. The molecule has 0 aliphatic carbocycles. The third-order valence-corrected chi connectivity index (χ3v) is 2.57. The lowest BCUT2D eigenvalue weighted by Gasteiger charge is -2.06. The van der Waals surface area contributed by atoms with Crippen molar-refractivity contribution in [2.45, 2.75) is 26.9 Å². The van der Waals surface area contributed by atoms with E-state index >= 15 is 0 Å². The number of benzene rings is 1. The monoisotopic (exact) mass is 265 g/mol. The molecule has 0 bridgehead atoms. The second-order valence-corrected chi connectivity index (χ2v) is 4.24. The fourth-order valence-electron chi connectivity index (χ4n) is 1.53. The normalized spacial score (nSPS) is 10.4. The van der Waals surface area contributed by atoms with Gasteiger partial charge in [0.1, 0.15) is 0 Å². The van der Waals surface area contributed by atoms with E-state index < -0.39 is 0 Å². The Labute approximate surface area is 115 Å². The molecule has 1 aromatic rings. The van der Waals surface area contributed by atoms with E-state index in [1.807, 2.05) is 19.1 Å². The minimum Gasteiger partial charge on any atom is -0.462 e. The van der Waals surface area contributed by atoms with Crippen molar-refractivity contribution in [2.75, 3.05) is 26.3 Å². The van der Waals surface area contributed by atoms with Crippen LogP contribution in [0.5, 0.6) is 0 Å². The van der Waals surface area contributed by atoms with E-state index in [0.717, 1.165) is 25.1 Å². The molecule has 0 aromatic heterocycles. The number of rotatable bonds is 9. The highest BCUT2D eigenvalue weighted by molar-refractivity contribution is 5.89. The van der Waals surface area contributed by atoms with Crippen molar-refractivity contribution in [1.82, 2.24) is 5.32 Å². The van der Waals surface area contributed by atoms with Gasteiger partial charge < -0.3 is 14.8 Å². The topological polar surface area (TPSA) is 47.6 Å². The third kappa shape index (κ3) is 6.36. The average Bonchev–Trinajstić information content (AvgIpc) is 2.45. The molecular weight excluding hydrogens is 242 g/mol. The van der Waals surface area contributed by atoms with Gasteiger partial charge in [0.15, 0.2) is 0 Å². The summed E-state index contributed by atoms with van der Waals surface area (Å²) in [5, 5.41) is 3.19. The summed E-state index contributed by atoms with van der Waals surface area (Å²) < 4.78 is 10.6. The largest absolute Gasteiger partial charge is 0.462 e. The fraction of sp³-hybridized carbons (Fsp3) is 0.533. The molecule has 4 nitrogen and oxygen atoms in total. The predicted molar refractivity (Wildman–Crippen MR) is 75.2 cm³/mol. The molecule has 106 valence electrons. The lowest BCUT2D eigenvalue weighted by Crippen LogP contribution is -2.18. The van der Waals surface area contributed by atoms with Crippen LogP contribution >= 0.6 is 0 Å². The van der Waals surface area contributed by atoms with Crippen LogP contribution in [0.3, 0.4) is 0 Å². The van der Waals surface area contributed by atoms with Gasteiger partial charge in [0.25, 0.3) is 0 Å². The Hall–Kier alpha value is -1.39. The van der Waals surface area contributed by atoms with Gasteiger partial charge >= 0.3 is 5.97 Å². The molecule has 1 aromatic carbocycles. The minimum absolute atomic E-state index is 0.263. The first-order valence-electron chi connectivity index (χ1n) is 6.82. The zero-order valence-corrected chi connectivity index (χ0v) is 11.8. The molecule has 0 aliphatic heterocycles. The molecule has 0 spiro atoms. The summed E-state index contributed by atoms with van der Waals surface area (Å²) in [5.74, 6) is -0.263. The van der Waals surface area contributed by atoms with Crippen molar-refractivity contribution >= 4 is 5.97 Å². The fourth-order valence-corrected chi connectivity index (χ4v) is 1.53. The third-order valence-electron chi connectivity index (χ3n) is 2.57. The maximum atomic E-state index is 11.6. The summed E-state index contributed by atoms with van der Waals surface area (Å²) in [6.07, 6.45) is 0.837. The van der Waals surface area contributed by atoms with Gasteiger partial charge in [-0.15, -0.1) is 0 Å². The number of hydrogen-bond donors (Lipinski definition) is 1. The van der Waals surface area contributed by atoms with Crippen molar-refractivity contribution in [2.24, 2.45) is 0 Å². The van der Waals surface area contributed by atoms with Crippen molar-refractivity contribution < 1.29 is 14.3 Å². The van der Waals surface area contributed by atoms with Gasteiger partial charge in [0, 0.05) is 6.54 Å². The summed E-state index contributed by atoms with van der Waals surface area (Å²) >= 11 is 0. The molecule has 0 fully saturated rings. The second-order valence-electron chi connectivity index (χ2n) is 4.24. The number of carbonyl (C=O) groups is 1. The molecule has 0 unspecified atom stereocenters. The second kappa shape index (κ2) is 9.53. The quantitative estimate of drug-likeness (QED) is 0.550. The number of carbonyl (C=O) groups excluding carboxylic acids is 1. The van der Waals surface area contributed by atoms with Gasteiger partial charge in [0.05, 0.1) is 25.4 Å². The van der Waals surface area contributed by atoms with E-state index in [0.29, 0.717) is 25.4 Å². The lowest BCUT2D eigenvalue weighted by atomic mass is 10.1. The summed E-state index contributed by atoms with van der Waals surface area (Å²) in [5.41, 5.74) is 1.65. The molecule has 0 amide bonds. The van der Waals surface area contributed by atoms with Crippen LogP contribution < -0.4 is 5.32 Å². The predicted octanol–water partition coefficient (Wildman–Crippen LogP) is 2.38. The molecule has 19 heavy (non-hydrogen) atoms. The Morgan fingerprint density at radius 2 is 1.89 bits per heavy atom. The summed E-state index contributed by atoms with van der Waals surface area (Å²) in [6, 6.07) is 7.35. The highest BCUT2D eigenvalue weighted by Crippen LogP contribution is 2.07. The number of likely N-dealkylation sites (N-methyl/N-ethyl adjacent to an activating group) is 1. The number of esters is 1. The highest BCUT2D eigenvalue weighted by Gasteiger charge is 2.05. The summed E-state index contributed by atoms with van der Waals surface area (Å²) in [7, 11) is 0. The van der Waals surface area contributed by atoms with E-state index in [1.165, 1.54) is 0 Å². The molecule has 0 heterocycles. The maximum Gasteiger partial charge on any atom is 0.338 e. The molecule has 1 rings (SSSR count). The Balaban J connectivity index is 2.32. The Bertz CT molecular complexity index is 362. The number of ether oxygens (including phenoxy) is 2. The molecule has 4 heteroatoms. The smallest absolute Gasteiger partial charge is 0.338 e. The van der Waals surface area contributed by atoms with E-state index in [2.05, 4.69) is 12.2 Å². The van der Waals surface area contributed by atoms with Gasteiger partial charge in [-0.25, -0.2) is 4.79 Å². The van der Waals surface area contributed by atoms with Crippen LogP contribution in [0.4, 0.5) is 0 Å². The zero-order valence-electron chi connectivity index (χ0n) is 11.8. The summed E-state index contributed by atoms with van der Waals surface area (Å²) in [4.78, 5) is 11.6. The SMILES string of the molecule is CCCOC(=O)c1ccc(COCCNCC)cc1.